The average molecular weight is 285 g/mol. The van der Waals surface area contributed by atoms with E-state index in [0.717, 1.165) is 40.9 Å². The van der Waals surface area contributed by atoms with Gasteiger partial charge in [-0.2, -0.15) is 0 Å². The summed E-state index contributed by atoms with van der Waals surface area (Å²) in [6, 6.07) is 8.00. The summed E-state index contributed by atoms with van der Waals surface area (Å²) in [4.78, 5) is 11.0. The highest BCUT2D eigenvalue weighted by molar-refractivity contribution is 5.45. The monoisotopic (exact) mass is 285 g/mol. The molecule has 0 saturated heterocycles. The number of ether oxygens (including phenoxy) is 2. The molecule has 5 nitrogen and oxygen atoms in total. The van der Waals surface area contributed by atoms with Crippen molar-refractivity contribution in [1.82, 2.24) is 9.97 Å². The lowest BCUT2D eigenvalue weighted by atomic mass is 10.2. The molecule has 5 heteroatoms. The molecular weight excluding hydrogens is 266 g/mol. The van der Waals surface area contributed by atoms with Gasteiger partial charge in [-0.25, -0.2) is 9.97 Å². The van der Waals surface area contributed by atoms with Crippen LogP contribution in [-0.2, 0) is 6.54 Å². The van der Waals surface area contributed by atoms with E-state index in [1.54, 1.807) is 0 Å². The van der Waals surface area contributed by atoms with Crippen LogP contribution in [0.3, 0.4) is 0 Å². The molecule has 0 saturated carbocycles. The Hall–Kier alpha value is -2.30. The Morgan fingerprint density at radius 3 is 2.38 bits per heavy atom. The van der Waals surface area contributed by atoms with E-state index in [2.05, 4.69) is 9.97 Å². The van der Waals surface area contributed by atoms with Crippen molar-refractivity contribution >= 4 is 5.95 Å². The largest absolute Gasteiger partial charge is 0.486 e. The molecule has 1 aliphatic heterocycles. The predicted molar refractivity (Wildman–Crippen MR) is 81.0 cm³/mol. The molecule has 0 bridgehead atoms. The van der Waals surface area contributed by atoms with E-state index >= 15 is 0 Å². The first-order valence-corrected chi connectivity index (χ1v) is 7.04. The van der Waals surface area contributed by atoms with E-state index in [4.69, 9.17) is 9.47 Å². The van der Waals surface area contributed by atoms with E-state index in [-0.39, 0.29) is 0 Å². The Labute approximate surface area is 124 Å². The minimum atomic E-state index is 0.604. The van der Waals surface area contributed by atoms with Crippen LogP contribution in [0.15, 0.2) is 24.3 Å². The molecule has 0 spiro atoms. The Balaban J connectivity index is 1.79. The maximum atomic E-state index is 5.61. The number of benzene rings is 1. The summed E-state index contributed by atoms with van der Waals surface area (Å²) in [6.45, 7) is 5.90. The zero-order valence-electron chi connectivity index (χ0n) is 12.6. The summed E-state index contributed by atoms with van der Waals surface area (Å²) in [5.74, 6) is 2.37. The first-order valence-electron chi connectivity index (χ1n) is 7.04. The van der Waals surface area contributed by atoms with Crippen LogP contribution in [0.2, 0.25) is 0 Å². The highest BCUT2D eigenvalue weighted by Gasteiger charge is 2.13. The van der Waals surface area contributed by atoms with Gasteiger partial charge in [-0.05, 0) is 37.6 Å². The first-order chi connectivity index (χ1) is 10.1. The second-order valence-electron chi connectivity index (χ2n) is 5.28. The van der Waals surface area contributed by atoms with Crippen molar-refractivity contribution in [3.8, 4) is 11.5 Å². The minimum Gasteiger partial charge on any atom is -0.486 e. The summed E-state index contributed by atoms with van der Waals surface area (Å²) >= 11 is 0. The fourth-order valence-corrected chi connectivity index (χ4v) is 2.41. The number of hydrogen-bond acceptors (Lipinski definition) is 5. The summed E-state index contributed by atoms with van der Waals surface area (Å²) in [6.07, 6.45) is 0. The number of rotatable bonds is 3. The van der Waals surface area contributed by atoms with Gasteiger partial charge in [-0.15, -0.1) is 0 Å². The van der Waals surface area contributed by atoms with Gasteiger partial charge in [0.05, 0.1) is 0 Å². The number of fused-ring (bicyclic) bond motifs is 1. The van der Waals surface area contributed by atoms with Crippen molar-refractivity contribution < 1.29 is 9.47 Å². The van der Waals surface area contributed by atoms with Crippen molar-refractivity contribution in [2.75, 3.05) is 25.2 Å². The lowest BCUT2D eigenvalue weighted by molar-refractivity contribution is 0.171. The Bertz CT molecular complexity index is 638. The molecule has 0 amide bonds. The molecule has 1 aromatic heterocycles. The molecule has 110 valence electrons. The van der Waals surface area contributed by atoms with Crippen LogP contribution < -0.4 is 14.4 Å². The summed E-state index contributed by atoms with van der Waals surface area (Å²) in [5.41, 5.74) is 3.10. The summed E-state index contributed by atoms with van der Waals surface area (Å²) in [7, 11) is 1.99. The van der Waals surface area contributed by atoms with Gasteiger partial charge in [0.1, 0.15) is 13.2 Å². The molecular formula is C16H19N3O2. The van der Waals surface area contributed by atoms with Gasteiger partial charge >= 0.3 is 0 Å². The summed E-state index contributed by atoms with van der Waals surface area (Å²) < 4.78 is 11.2. The van der Waals surface area contributed by atoms with E-state index in [0.29, 0.717) is 13.2 Å². The smallest absolute Gasteiger partial charge is 0.225 e. The molecule has 0 fully saturated rings. The third-order valence-corrected chi connectivity index (χ3v) is 3.34. The fraction of sp³-hybridized carbons (Fsp3) is 0.375. The molecule has 0 atom stereocenters. The lowest BCUT2D eigenvalue weighted by Gasteiger charge is -2.21. The van der Waals surface area contributed by atoms with Crippen LogP contribution in [0, 0.1) is 13.8 Å². The van der Waals surface area contributed by atoms with Crippen molar-refractivity contribution in [1.29, 1.82) is 0 Å². The summed E-state index contributed by atoms with van der Waals surface area (Å²) in [5, 5.41) is 0. The van der Waals surface area contributed by atoms with Crippen LogP contribution in [0.1, 0.15) is 17.0 Å². The van der Waals surface area contributed by atoms with Crippen molar-refractivity contribution in [3.63, 3.8) is 0 Å². The van der Waals surface area contributed by atoms with Crippen LogP contribution in [0.25, 0.3) is 0 Å². The lowest BCUT2D eigenvalue weighted by Crippen LogP contribution is -2.20. The van der Waals surface area contributed by atoms with Crippen LogP contribution >= 0.6 is 0 Å². The predicted octanol–water partition coefficient (Wildman–Crippen LogP) is 2.50. The van der Waals surface area contributed by atoms with Crippen LogP contribution in [0.4, 0.5) is 5.95 Å². The third kappa shape index (κ3) is 3.07. The van der Waals surface area contributed by atoms with E-state index in [1.807, 2.05) is 50.1 Å². The molecule has 2 aromatic rings. The molecule has 21 heavy (non-hydrogen) atoms. The first kappa shape index (κ1) is 13.7. The molecule has 0 unspecified atom stereocenters. The SMILES string of the molecule is Cc1cc(C)nc(N(C)Cc2ccc3c(c2)OCCO3)n1. The van der Waals surface area contributed by atoms with Gasteiger partial charge in [-0.1, -0.05) is 6.07 Å². The van der Waals surface area contributed by atoms with Gasteiger partial charge in [0.2, 0.25) is 5.95 Å². The Morgan fingerprint density at radius 1 is 1.00 bits per heavy atom. The second kappa shape index (κ2) is 5.60. The van der Waals surface area contributed by atoms with E-state index in [1.165, 1.54) is 0 Å². The number of hydrogen-bond donors (Lipinski definition) is 0. The molecule has 2 heterocycles. The van der Waals surface area contributed by atoms with Crippen LogP contribution in [-0.4, -0.2) is 30.2 Å². The molecule has 1 aromatic carbocycles. The van der Waals surface area contributed by atoms with Gasteiger partial charge in [-0.3, -0.25) is 0 Å². The normalized spacial score (nSPS) is 13.1. The number of aryl methyl sites for hydroxylation is 2. The topological polar surface area (TPSA) is 47.5 Å². The average Bonchev–Trinajstić information content (AvgIpc) is 2.46. The number of anilines is 1. The van der Waals surface area contributed by atoms with Gasteiger partial charge < -0.3 is 14.4 Å². The van der Waals surface area contributed by atoms with E-state index in [9.17, 15) is 0 Å². The molecule has 3 rings (SSSR count). The zero-order valence-corrected chi connectivity index (χ0v) is 12.6. The highest BCUT2D eigenvalue weighted by Crippen LogP contribution is 2.31. The minimum absolute atomic E-state index is 0.604. The molecule has 0 aliphatic carbocycles. The zero-order chi connectivity index (χ0) is 14.8. The van der Waals surface area contributed by atoms with Crippen LogP contribution in [0.5, 0.6) is 11.5 Å². The van der Waals surface area contributed by atoms with E-state index < -0.39 is 0 Å². The van der Waals surface area contributed by atoms with Crippen molar-refractivity contribution in [3.05, 3.63) is 41.2 Å². The molecule has 0 radical (unpaired) electrons. The third-order valence-electron chi connectivity index (χ3n) is 3.34. The quantitative estimate of drug-likeness (QED) is 0.867. The molecule has 0 N–H and O–H groups in total. The van der Waals surface area contributed by atoms with Crippen molar-refractivity contribution in [2.45, 2.75) is 20.4 Å². The highest BCUT2D eigenvalue weighted by atomic mass is 16.6. The van der Waals surface area contributed by atoms with Gasteiger partial charge in [0.25, 0.3) is 0 Å². The Morgan fingerprint density at radius 2 is 1.67 bits per heavy atom. The standard InChI is InChI=1S/C16H19N3O2/c1-11-8-12(2)18-16(17-11)19(3)10-13-4-5-14-15(9-13)21-7-6-20-14/h4-5,8-9H,6-7,10H2,1-3H3. The second-order valence-corrected chi connectivity index (χ2v) is 5.28. The maximum Gasteiger partial charge on any atom is 0.225 e. The Kier molecular flexibility index (Phi) is 3.64. The number of nitrogens with zero attached hydrogens (tertiary/aromatic N) is 3. The fourth-order valence-electron chi connectivity index (χ4n) is 2.41. The molecule has 1 aliphatic rings. The maximum absolute atomic E-state index is 5.61. The number of aromatic nitrogens is 2. The van der Waals surface area contributed by atoms with Gasteiger partial charge in [0, 0.05) is 25.0 Å². The van der Waals surface area contributed by atoms with Crippen molar-refractivity contribution in [2.24, 2.45) is 0 Å². The van der Waals surface area contributed by atoms with Gasteiger partial charge in [0.15, 0.2) is 11.5 Å².